The number of fused-ring (bicyclic) bond motifs is 1. The predicted molar refractivity (Wildman–Crippen MR) is 67.9 cm³/mol. The summed E-state index contributed by atoms with van der Waals surface area (Å²) in [6.07, 6.45) is 0.982. The summed E-state index contributed by atoms with van der Waals surface area (Å²) in [5.74, 6) is 1.81. The minimum atomic E-state index is 0.738. The zero-order valence-electron chi connectivity index (χ0n) is 8.52. The molecule has 1 nitrogen and oxygen atoms in total. The zero-order valence-corrected chi connectivity index (χ0v) is 9.41. The number of benzene rings is 2. The number of ether oxygens (including phenoxy) is 1. The smallest absolute Gasteiger partial charge is 0.119 e. The molecule has 0 aromatic heterocycles. The summed E-state index contributed by atoms with van der Waals surface area (Å²) in [7, 11) is 0. The van der Waals surface area contributed by atoms with Crippen LogP contribution in [-0.4, -0.2) is 12.4 Å². The molecule has 0 aliphatic heterocycles. The van der Waals surface area contributed by atoms with Gasteiger partial charge in [-0.3, -0.25) is 0 Å². The largest absolute Gasteiger partial charge is 0.494 e. The van der Waals surface area contributed by atoms with E-state index >= 15 is 0 Å². The second kappa shape index (κ2) is 5.08. The molecule has 0 radical (unpaired) electrons. The molecule has 2 rings (SSSR count). The van der Waals surface area contributed by atoms with E-state index in [2.05, 4.69) is 36.9 Å². The fourth-order valence-electron chi connectivity index (χ4n) is 1.51. The summed E-state index contributed by atoms with van der Waals surface area (Å²) in [5.41, 5.74) is 0. The van der Waals surface area contributed by atoms with Gasteiger partial charge in [-0.15, -0.1) is 0 Å². The van der Waals surface area contributed by atoms with Crippen molar-refractivity contribution in [3.63, 3.8) is 0 Å². The van der Waals surface area contributed by atoms with Crippen LogP contribution in [0.25, 0.3) is 10.8 Å². The van der Waals surface area contributed by atoms with Gasteiger partial charge in [0.05, 0.1) is 6.61 Å². The van der Waals surface area contributed by atoms with Crippen LogP contribution >= 0.6 is 12.6 Å². The van der Waals surface area contributed by atoms with E-state index in [1.807, 2.05) is 18.2 Å². The Labute approximate surface area is 95.5 Å². The Morgan fingerprint density at radius 1 is 1.00 bits per heavy atom. The third-order valence-corrected chi connectivity index (χ3v) is 2.61. The van der Waals surface area contributed by atoms with E-state index in [9.17, 15) is 0 Å². The van der Waals surface area contributed by atoms with E-state index in [1.54, 1.807) is 0 Å². The van der Waals surface area contributed by atoms with Gasteiger partial charge in [-0.25, -0.2) is 0 Å². The van der Waals surface area contributed by atoms with Crippen LogP contribution in [0.1, 0.15) is 6.42 Å². The van der Waals surface area contributed by atoms with Gasteiger partial charge in [0.15, 0.2) is 0 Å². The van der Waals surface area contributed by atoms with Crippen LogP contribution in [0.4, 0.5) is 0 Å². The Hall–Kier alpha value is -1.15. The van der Waals surface area contributed by atoms with Crippen LogP contribution in [0, 0.1) is 0 Å². The summed E-state index contributed by atoms with van der Waals surface area (Å²) < 4.78 is 5.61. The zero-order chi connectivity index (χ0) is 10.5. The van der Waals surface area contributed by atoms with Crippen molar-refractivity contribution in [1.29, 1.82) is 0 Å². The molecule has 0 spiro atoms. The molecular weight excluding hydrogens is 204 g/mol. The van der Waals surface area contributed by atoms with Gasteiger partial charge in [-0.2, -0.15) is 12.6 Å². The minimum absolute atomic E-state index is 0.738. The first-order valence-corrected chi connectivity index (χ1v) is 5.76. The maximum Gasteiger partial charge on any atom is 0.119 e. The highest BCUT2D eigenvalue weighted by atomic mass is 32.1. The standard InChI is InChI=1S/C13H14OS/c15-9-3-8-14-13-7-6-11-4-1-2-5-12(11)10-13/h1-2,4-7,10,15H,3,8-9H2. The average molecular weight is 218 g/mol. The van der Waals surface area contributed by atoms with Crippen LogP contribution in [0.3, 0.4) is 0 Å². The molecular formula is C13H14OS. The van der Waals surface area contributed by atoms with Crippen molar-refractivity contribution < 1.29 is 4.74 Å². The third kappa shape index (κ3) is 2.66. The summed E-state index contributed by atoms with van der Waals surface area (Å²) in [4.78, 5) is 0. The first-order chi connectivity index (χ1) is 7.40. The lowest BCUT2D eigenvalue weighted by Crippen LogP contribution is -1.97. The van der Waals surface area contributed by atoms with E-state index in [0.29, 0.717) is 0 Å². The summed E-state index contributed by atoms with van der Waals surface area (Å²) in [6, 6.07) is 14.5. The van der Waals surface area contributed by atoms with Crippen molar-refractivity contribution in [3.8, 4) is 5.75 Å². The first-order valence-electron chi connectivity index (χ1n) is 5.12. The van der Waals surface area contributed by atoms with Crippen molar-refractivity contribution in [2.45, 2.75) is 6.42 Å². The van der Waals surface area contributed by atoms with Gasteiger partial charge < -0.3 is 4.74 Å². The van der Waals surface area contributed by atoms with Crippen LogP contribution in [0.5, 0.6) is 5.75 Å². The topological polar surface area (TPSA) is 9.23 Å². The second-order valence-electron chi connectivity index (χ2n) is 3.43. The molecule has 15 heavy (non-hydrogen) atoms. The molecule has 78 valence electrons. The second-order valence-corrected chi connectivity index (χ2v) is 3.88. The molecule has 0 aliphatic rings. The van der Waals surface area contributed by atoms with Gasteiger partial charge in [-0.05, 0) is 35.1 Å². The summed E-state index contributed by atoms with van der Waals surface area (Å²) in [5, 5.41) is 2.47. The van der Waals surface area contributed by atoms with Gasteiger partial charge >= 0.3 is 0 Å². The molecule has 0 saturated carbocycles. The molecule has 2 aromatic carbocycles. The molecule has 0 saturated heterocycles. The van der Waals surface area contributed by atoms with Gasteiger partial charge in [0.1, 0.15) is 5.75 Å². The lowest BCUT2D eigenvalue weighted by molar-refractivity contribution is 0.319. The van der Waals surface area contributed by atoms with Crippen molar-refractivity contribution in [2.24, 2.45) is 0 Å². The number of hydrogen-bond acceptors (Lipinski definition) is 2. The maximum absolute atomic E-state index is 5.61. The quantitative estimate of drug-likeness (QED) is 0.610. The van der Waals surface area contributed by atoms with Gasteiger partial charge in [0, 0.05) is 0 Å². The van der Waals surface area contributed by atoms with E-state index in [1.165, 1.54) is 10.8 Å². The summed E-state index contributed by atoms with van der Waals surface area (Å²) in [6.45, 7) is 0.738. The van der Waals surface area contributed by atoms with Gasteiger partial charge in [-0.1, -0.05) is 30.3 Å². The highest BCUT2D eigenvalue weighted by molar-refractivity contribution is 7.80. The summed E-state index contributed by atoms with van der Waals surface area (Å²) >= 11 is 4.15. The van der Waals surface area contributed by atoms with Gasteiger partial charge in [0.2, 0.25) is 0 Å². The van der Waals surface area contributed by atoms with Crippen LogP contribution in [-0.2, 0) is 0 Å². The molecule has 0 aliphatic carbocycles. The fourth-order valence-corrected chi connectivity index (χ4v) is 1.64. The minimum Gasteiger partial charge on any atom is -0.494 e. The van der Waals surface area contributed by atoms with Crippen LogP contribution in [0.2, 0.25) is 0 Å². The Bertz CT molecular complexity index is 439. The van der Waals surface area contributed by atoms with Crippen molar-refractivity contribution in [2.75, 3.05) is 12.4 Å². The molecule has 2 aromatic rings. The molecule has 0 unspecified atom stereocenters. The lowest BCUT2D eigenvalue weighted by Gasteiger charge is -2.06. The number of hydrogen-bond donors (Lipinski definition) is 1. The Balaban J connectivity index is 2.16. The van der Waals surface area contributed by atoms with E-state index in [-0.39, 0.29) is 0 Å². The molecule has 0 amide bonds. The monoisotopic (exact) mass is 218 g/mol. The highest BCUT2D eigenvalue weighted by Crippen LogP contribution is 2.20. The first kappa shape index (κ1) is 10.4. The van der Waals surface area contributed by atoms with Crippen molar-refractivity contribution in [3.05, 3.63) is 42.5 Å². The predicted octanol–water partition coefficient (Wildman–Crippen LogP) is 3.54. The Morgan fingerprint density at radius 2 is 1.80 bits per heavy atom. The SMILES string of the molecule is SCCCOc1ccc2ccccc2c1. The maximum atomic E-state index is 5.61. The number of thiol groups is 1. The van der Waals surface area contributed by atoms with Gasteiger partial charge in [0.25, 0.3) is 0 Å². The molecule has 0 heterocycles. The van der Waals surface area contributed by atoms with Crippen LogP contribution < -0.4 is 4.74 Å². The van der Waals surface area contributed by atoms with E-state index in [0.717, 1.165) is 24.5 Å². The molecule has 0 bridgehead atoms. The highest BCUT2D eigenvalue weighted by Gasteiger charge is 1.96. The Kier molecular flexibility index (Phi) is 3.51. The molecule has 0 fully saturated rings. The van der Waals surface area contributed by atoms with Crippen LogP contribution in [0.15, 0.2) is 42.5 Å². The number of rotatable bonds is 4. The molecule has 0 atom stereocenters. The van der Waals surface area contributed by atoms with E-state index in [4.69, 9.17) is 4.74 Å². The molecule has 0 N–H and O–H groups in total. The van der Waals surface area contributed by atoms with Crippen molar-refractivity contribution >= 4 is 23.4 Å². The lowest BCUT2D eigenvalue weighted by atomic mass is 10.1. The Morgan fingerprint density at radius 3 is 2.60 bits per heavy atom. The average Bonchev–Trinajstić information content (AvgIpc) is 2.29. The van der Waals surface area contributed by atoms with Crippen molar-refractivity contribution in [1.82, 2.24) is 0 Å². The fraction of sp³-hybridized carbons (Fsp3) is 0.231. The van der Waals surface area contributed by atoms with E-state index < -0.39 is 0 Å². The normalized spacial score (nSPS) is 10.5. The molecule has 2 heteroatoms. The third-order valence-electron chi connectivity index (χ3n) is 2.29.